The molecule has 4 N–H and O–H groups in total. The van der Waals surface area contributed by atoms with E-state index in [1.165, 1.54) is 0 Å². The molecule has 1 unspecified atom stereocenters. The van der Waals surface area contributed by atoms with Crippen LogP contribution in [0.3, 0.4) is 0 Å². The highest BCUT2D eigenvalue weighted by atomic mass is 16.1. The summed E-state index contributed by atoms with van der Waals surface area (Å²) in [6, 6.07) is -0.00870. The van der Waals surface area contributed by atoms with Crippen molar-refractivity contribution >= 4 is 5.91 Å². The number of hydrazine groups is 1. The number of nitrogens with two attached hydrogens (primary N) is 1. The van der Waals surface area contributed by atoms with Crippen LogP contribution in [0.25, 0.3) is 0 Å². The average molecular weight is 224 g/mol. The molecule has 2 rings (SSSR count). The summed E-state index contributed by atoms with van der Waals surface area (Å²) in [6.07, 6.45) is 1.07. The second-order valence-electron chi connectivity index (χ2n) is 5.49. The van der Waals surface area contributed by atoms with Crippen LogP contribution < -0.4 is 16.5 Å². The molecule has 5 heteroatoms. The number of carbonyl (C=O) groups excluding carboxylic acids is 1. The molecule has 0 aliphatic carbocycles. The van der Waals surface area contributed by atoms with Crippen molar-refractivity contribution in [1.29, 1.82) is 0 Å². The van der Waals surface area contributed by atoms with Gasteiger partial charge in [0.1, 0.15) is 5.82 Å². The van der Waals surface area contributed by atoms with Crippen molar-refractivity contribution in [1.82, 2.24) is 15.8 Å². The molecule has 16 heavy (non-hydrogen) atoms. The highest BCUT2D eigenvalue weighted by Crippen LogP contribution is 2.32. The first-order valence-corrected chi connectivity index (χ1v) is 5.73. The van der Waals surface area contributed by atoms with E-state index in [1.54, 1.807) is 0 Å². The third-order valence-electron chi connectivity index (χ3n) is 3.08. The molecule has 0 aromatic carbocycles. The maximum atomic E-state index is 11.6. The number of carbonyl (C=O) groups is 1. The zero-order chi connectivity index (χ0) is 11.9. The number of rotatable bonds is 1. The van der Waals surface area contributed by atoms with Crippen LogP contribution in [0.4, 0.5) is 0 Å². The molecule has 1 fully saturated rings. The zero-order valence-electron chi connectivity index (χ0n) is 10.1. The lowest BCUT2D eigenvalue weighted by Gasteiger charge is -2.31. The van der Waals surface area contributed by atoms with Crippen LogP contribution in [-0.2, 0) is 4.79 Å². The van der Waals surface area contributed by atoms with Gasteiger partial charge < -0.3 is 11.1 Å². The fourth-order valence-electron chi connectivity index (χ4n) is 2.26. The normalized spacial score (nSPS) is 25.4. The molecule has 0 aromatic rings. The molecule has 0 saturated carbocycles. The smallest absolute Gasteiger partial charge is 0.250 e. The Morgan fingerprint density at radius 2 is 2.19 bits per heavy atom. The van der Waals surface area contributed by atoms with Gasteiger partial charge in [-0.2, -0.15) is 0 Å². The van der Waals surface area contributed by atoms with E-state index in [-0.39, 0.29) is 17.4 Å². The number of amides is 1. The second kappa shape index (κ2) is 3.66. The Bertz CT molecular complexity index is 342. The topological polar surface area (TPSA) is 70.4 Å². The molecule has 0 aromatic heterocycles. The Morgan fingerprint density at radius 3 is 2.75 bits per heavy atom. The van der Waals surface area contributed by atoms with Crippen LogP contribution in [0.15, 0.2) is 11.4 Å². The molecule has 0 bridgehead atoms. The number of fused-ring (bicyclic) bond motifs is 1. The molecule has 5 nitrogen and oxygen atoms in total. The fourth-order valence-corrected chi connectivity index (χ4v) is 2.26. The van der Waals surface area contributed by atoms with Gasteiger partial charge in [0.15, 0.2) is 0 Å². The molecule has 1 saturated heterocycles. The number of hydrogen-bond donors (Lipinski definition) is 3. The van der Waals surface area contributed by atoms with Crippen LogP contribution >= 0.6 is 0 Å². The lowest BCUT2D eigenvalue weighted by molar-refractivity contribution is -0.115. The summed E-state index contributed by atoms with van der Waals surface area (Å²) in [5.74, 6) is 0.540. The summed E-state index contributed by atoms with van der Waals surface area (Å²) >= 11 is 0. The minimum atomic E-state index is -0.334. The Labute approximate surface area is 96.0 Å². The van der Waals surface area contributed by atoms with E-state index < -0.39 is 0 Å². The van der Waals surface area contributed by atoms with Crippen molar-refractivity contribution in [3.05, 3.63) is 11.4 Å². The zero-order valence-corrected chi connectivity index (χ0v) is 10.1. The van der Waals surface area contributed by atoms with Gasteiger partial charge in [-0.25, -0.2) is 5.43 Å². The Balaban J connectivity index is 2.37. The van der Waals surface area contributed by atoms with Crippen molar-refractivity contribution in [3.63, 3.8) is 0 Å². The van der Waals surface area contributed by atoms with Crippen molar-refractivity contribution < 1.29 is 4.79 Å². The van der Waals surface area contributed by atoms with Gasteiger partial charge in [0, 0.05) is 13.1 Å². The highest BCUT2D eigenvalue weighted by Gasteiger charge is 2.41. The Hall–Kier alpha value is -1.23. The van der Waals surface area contributed by atoms with E-state index in [9.17, 15) is 4.79 Å². The standard InChI is InChI=1S/C11H20N4O/c1-11(2,3)8-7(9(12)16)10-13-5-4-6-15(10)14-8/h8,13-14H,4-6H2,1-3H3,(H2,12,16). The lowest BCUT2D eigenvalue weighted by Crippen LogP contribution is -2.48. The summed E-state index contributed by atoms with van der Waals surface area (Å²) < 4.78 is 0. The number of primary amides is 1. The number of nitrogens with one attached hydrogen (secondary N) is 2. The molecule has 90 valence electrons. The van der Waals surface area contributed by atoms with E-state index in [1.807, 2.05) is 5.01 Å². The van der Waals surface area contributed by atoms with E-state index in [0.29, 0.717) is 5.57 Å². The summed E-state index contributed by atoms with van der Waals surface area (Å²) in [5, 5.41) is 5.27. The maximum Gasteiger partial charge on any atom is 0.250 e. The molecule has 2 aliphatic rings. The molecular formula is C11H20N4O. The van der Waals surface area contributed by atoms with Crippen molar-refractivity contribution in [2.45, 2.75) is 33.2 Å². The van der Waals surface area contributed by atoms with Crippen molar-refractivity contribution in [2.24, 2.45) is 11.1 Å². The summed E-state index contributed by atoms with van der Waals surface area (Å²) in [7, 11) is 0. The molecule has 2 aliphatic heterocycles. The van der Waals surface area contributed by atoms with Crippen LogP contribution in [0.1, 0.15) is 27.2 Å². The largest absolute Gasteiger partial charge is 0.370 e. The predicted octanol–water partition coefficient (Wildman–Crippen LogP) is -0.0885. The van der Waals surface area contributed by atoms with Crippen LogP contribution in [0.5, 0.6) is 0 Å². The summed E-state index contributed by atoms with van der Waals surface area (Å²) in [4.78, 5) is 11.6. The van der Waals surface area contributed by atoms with Gasteiger partial charge in [0.25, 0.3) is 0 Å². The van der Waals surface area contributed by atoms with Gasteiger partial charge in [-0.3, -0.25) is 9.80 Å². The minimum Gasteiger partial charge on any atom is -0.370 e. The van der Waals surface area contributed by atoms with Gasteiger partial charge in [-0.1, -0.05) is 20.8 Å². The van der Waals surface area contributed by atoms with Crippen LogP contribution in [0, 0.1) is 5.41 Å². The molecule has 0 spiro atoms. The molecular weight excluding hydrogens is 204 g/mol. The van der Waals surface area contributed by atoms with Crippen LogP contribution in [0.2, 0.25) is 0 Å². The molecule has 1 amide bonds. The van der Waals surface area contributed by atoms with Gasteiger partial charge >= 0.3 is 0 Å². The van der Waals surface area contributed by atoms with Crippen LogP contribution in [-0.4, -0.2) is 30.0 Å². The van der Waals surface area contributed by atoms with E-state index in [2.05, 4.69) is 31.5 Å². The SMILES string of the molecule is CC(C)(C)C1NN2CCCNC2=C1C(N)=O. The number of nitrogens with zero attached hydrogens (tertiary/aromatic N) is 1. The Morgan fingerprint density at radius 1 is 1.50 bits per heavy atom. The molecule has 2 heterocycles. The third kappa shape index (κ3) is 1.75. The van der Waals surface area contributed by atoms with E-state index in [0.717, 1.165) is 25.3 Å². The first kappa shape index (κ1) is 11.3. The molecule has 1 atom stereocenters. The lowest BCUT2D eigenvalue weighted by atomic mass is 9.83. The predicted molar refractivity (Wildman–Crippen MR) is 61.9 cm³/mol. The first-order chi connectivity index (χ1) is 7.41. The third-order valence-corrected chi connectivity index (χ3v) is 3.08. The van der Waals surface area contributed by atoms with Crippen molar-refractivity contribution in [2.75, 3.05) is 13.1 Å². The maximum absolute atomic E-state index is 11.6. The summed E-state index contributed by atoms with van der Waals surface area (Å²) in [6.45, 7) is 8.14. The minimum absolute atomic E-state index is 0.00870. The quantitative estimate of drug-likeness (QED) is 0.582. The fraction of sp³-hybridized carbons (Fsp3) is 0.727. The number of hydrogen-bond acceptors (Lipinski definition) is 4. The Kier molecular flexibility index (Phi) is 2.58. The summed E-state index contributed by atoms with van der Waals surface area (Å²) in [5.41, 5.74) is 9.50. The highest BCUT2D eigenvalue weighted by molar-refractivity contribution is 5.94. The average Bonchev–Trinajstić information content (AvgIpc) is 2.55. The van der Waals surface area contributed by atoms with Crippen molar-refractivity contribution in [3.8, 4) is 0 Å². The van der Waals surface area contributed by atoms with Gasteiger partial charge in [-0.15, -0.1) is 0 Å². The van der Waals surface area contributed by atoms with Gasteiger partial charge in [0.05, 0.1) is 11.6 Å². The monoisotopic (exact) mass is 224 g/mol. The first-order valence-electron chi connectivity index (χ1n) is 5.73. The second-order valence-corrected chi connectivity index (χ2v) is 5.49. The van der Waals surface area contributed by atoms with Gasteiger partial charge in [-0.05, 0) is 11.8 Å². The van der Waals surface area contributed by atoms with Gasteiger partial charge in [0.2, 0.25) is 5.91 Å². The molecule has 0 radical (unpaired) electrons. The van der Waals surface area contributed by atoms with E-state index >= 15 is 0 Å². The van der Waals surface area contributed by atoms with E-state index in [4.69, 9.17) is 5.73 Å².